The molecule has 1 unspecified atom stereocenters. The highest BCUT2D eigenvalue weighted by Crippen LogP contribution is 2.57. The van der Waals surface area contributed by atoms with Crippen LogP contribution in [0.15, 0.2) is 100 Å². The minimum atomic E-state index is -2.49. The number of rotatable bonds is 5. The Balaban J connectivity index is 1.92. The van der Waals surface area contributed by atoms with Gasteiger partial charge in [0.1, 0.15) is 0 Å². The number of hydrogen-bond acceptors (Lipinski definition) is 2. The van der Waals surface area contributed by atoms with Gasteiger partial charge in [0.05, 0.1) is 15.0 Å². The Morgan fingerprint density at radius 3 is 1.66 bits per heavy atom. The first-order valence-corrected chi connectivity index (χ1v) is 13.6. The van der Waals surface area contributed by atoms with Crippen LogP contribution < -0.4 is 10.6 Å². The summed E-state index contributed by atoms with van der Waals surface area (Å²) in [5.41, 5.74) is 0. The summed E-state index contributed by atoms with van der Waals surface area (Å²) in [6, 6.07) is 31.3. The van der Waals surface area contributed by atoms with Gasteiger partial charge in [-0.3, -0.25) is 0 Å². The molecule has 0 saturated heterocycles. The van der Waals surface area contributed by atoms with Crippen molar-refractivity contribution in [3.05, 3.63) is 91.0 Å². The van der Waals surface area contributed by atoms with Crippen LogP contribution in [0.3, 0.4) is 0 Å². The van der Waals surface area contributed by atoms with Gasteiger partial charge >= 0.3 is 0 Å². The summed E-state index contributed by atoms with van der Waals surface area (Å²) in [7, 11) is -3.24. The maximum Gasteiger partial charge on any atom is 0.0977 e. The largest absolute Gasteiger partial charge is 0.245 e. The van der Waals surface area contributed by atoms with Crippen molar-refractivity contribution in [2.24, 2.45) is 4.36 Å². The van der Waals surface area contributed by atoms with Gasteiger partial charge in [-0.1, -0.05) is 98.1 Å². The van der Waals surface area contributed by atoms with Crippen molar-refractivity contribution in [2.45, 2.75) is 42.3 Å². The van der Waals surface area contributed by atoms with Crippen molar-refractivity contribution < 1.29 is 4.21 Å². The second-order valence-electron chi connectivity index (χ2n) is 7.76. The molecule has 3 aromatic rings. The quantitative estimate of drug-likeness (QED) is 0.469. The molecule has 0 aromatic heterocycles. The van der Waals surface area contributed by atoms with Gasteiger partial charge in [0.15, 0.2) is 0 Å². The highest BCUT2D eigenvalue weighted by molar-refractivity contribution is 7.93. The first-order valence-electron chi connectivity index (χ1n) is 10.3. The molecule has 3 aromatic carbocycles. The van der Waals surface area contributed by atoms with E-state index in [1.807, 2.05) is 36.6 Å². The maximum atomic E-state index is 13.9. The highest BCUT2D eigenvalue weighted by Gasteiger charge is 2.42. The lowest BCUT2D eigenvalue weighted by atomic mass is 9.95. The van der Waals surface area contributed by atoms with Gasteiger partial charge in [0, 0.05) is 11.2 Å². The predicted octanol–water partition coefficient (Wildman–Crippen LogP) is 5.94. The molecule has 29 heavy (non-hydrogen) atoms. The lowest BCUT2D eigenvalue weighted by Crippen LogP contribution is -2.36. The Morgan fingerprint density at radius 2 is 1.17 bits per heavy atom. The summed E-state index contributed by atoms with van der Waals surface area (Å²) in [5.74, 6) is 0. The van der Waals surface area contributed by atoms with E-state index in [4.69, 9.17) is 4.36 Å². The van der Waals surface area contributed by atoms with Crippen molar-refractivity contribution >= 4 is 28.3 Å². The first kappa shape index (κ1) is 20.3. The number of hydrogen-bond donors (Lipinski definition) is 0. The lowest BCUT2D eigenvalue weighted by molar-refractivity contribution is 0.406. The molecule has 2 nitrogen and oxygen atoms in total. The van der Waals surface area contributed by atoms with E-state index in [1.165, 1.54) is 17.0 Å². The SMILES string of the molecule is CS(=O)(=NC1(P(c2ccccc2)c2ccccc2)CCCCC1)c1ccccc1. The molecule has 1 aliphatic carbocycles. The fourth-order valence-corrected chi connectivity index (χ4v) is 9.66. The maximum absolute atomic E-state index is 13.9. The van der Waals surface area contributed by atoms with Crippen molar-refractivity contribution in [2.75, 3.05) is 6.26 Å². The van der Waals surface area contributed by atoms with Crippen LogP contribution in [0, 0.1) is 0 Å². The van der Waals surface area contributed by atoms with Gasteiger partial charge in [-0.25, -0.2) is 8.57 Å². The van der Waals surface area contributed by atoms with E-state index < -0.39 is 17.7 Å². The zero-order valence-electron chi connectivity index (χ0n) is 16.9. The molecule has 0 spiro atoms. The van der Waals surface area contributed by atoms with Crippen LogP contribution in [0.4, 0.5) is 0 Å². The van der Waals surface area contributed by atoms with Crippen LogP contribution in [0.5, 0.6) is 0 Å². The molecule has 0 bridgehead atoms. The first-order chi connectivity index (χ1) is 14.1. The molecule has 0 radical (unpaired) electrons. The monoisotopic (exact) mass is 421 g/mol. The van der Waals surface area contributed by atoms with E-state index in [0.29, 0.717) is 0 Å². The van der Waals surface area contributed by atoms with Crippen molar-refractivity contribution in [3.63, 3.8) is 0 Å². The molecule has 4 rings (SSSR count). The summed E-state index contributed by atoms with van der Waals surface area (Å²) >= 11 is 0. The van der Waals surface area contributed by atoms with E-state index >= 15 is 0 Å². The molecule has 0 heterocycles. The van der Waals surface area contributed by atoms with E-state index in [9.17, 15) is 4.21 Å². The van der Waals surface area contributed by atoms with E-state index in [2.05, 4.69) is 60.7 Å². The van der Waals surface area contributed by atoms with Crippen LogP contribution >= 0.6 is 7.92 Å². The fourth-order valence-electron chi connectivity index (χ4n) is 4.31. The predicted molar refractivity (Wildman–Crippen MR) is 126 cm³/mol. The lowest BCUT2D eigenvalue weighted by Gasteiger charge is -2.41. The van der Waals surface area contributed by atoms with Gasteiger partial charge in [-0.15, -0.1) is 0 Å². The molecule has 0 aliphatic heterocycles. The standard InChI is InChI=1S/C25H28NOPS/c1-29(27,24-18-10-4-11-19-24)26-25(20-12-5-13-21-25)28(22-14-6-2-7-15-22)23-16-8-3-9-17-23/h2-4,6-11,14-19H,5,12-13,20-21H2,1H3. The summed E-state index contributed by atoms with van der Waals surface area (Å²) in [5, 5.41) is 2.35. The van der Waals surface area contributed by atoms with E-state index in [0.717, 1.165) is 30.6 Å². The number of nitrogens with zero attached hydrogens (tertiary/aromatic N) is 1. The van der Waals surface area contributed by atoms with Gasteiger partial charge in [0.25, 0.3) is 0 Å². The van der Waals surface area contributed by atoms with Gasteiger partial charge < -0.3 is 0 Å². The van der Waals surface area contributed by atoms with Crippen LogP contribution in [-0.4, -0.2) is 15.7 Å². The smallest absolute Gasteiger partial charge is 0.0977 e. The summed E-state index contributed by atoms with van der Waals surface area (Å²) in [6.45, 7) is 0. The third kappa shape index (κ3) is 4.47. The minimum Gasteiger partial charge on any atom is -0.245 e. The zero-order valence-corrected chi connectivity index (χ0v) is 18.6. The highest BCUT2D eigenvalue weighted by atomic mass is 32.2. The van der Waals surface area contributed by atoms with Crippen LogP contribution in [-0.2, 0) is 9.73 Å². The number of benzene rings is 3. The van der Waals surface area contributed by atoms with Gasteiger partial charge in [-0.05, 0) is 43.5 Å². The average Bonchev–Trinajstić information content (AvgIpc) is 2.76. The van der Waals surface area contributed by atoms with Gasteiger partial charge in [0.2, 0.25) is 0 Å². The Hall–Kier alpha value is -1.96. The molecule has 1 saturated carbocycles. The molecule has 1 fully saturated rings. The third-order valence-electron chi connectivity index (χ3n) is 5.62. The summed E-state index contributed by atoms with van der Waals surface area (Å²) in [6.07, 6.45) is 7.35. The summed E-state index contributed by atoms with van der Waals surface area (Å²) < 4.78 is 19.2. The van der Waals surface area contributed by atoms with E-state index in [-0.39, 0.29) is 5.28 Å². The Morgan fingerprint density at radius 1 is 0.724 bits per heavy atom. The van der Waals surface area contributed by atoms with Crippen molar-refractivity contribution in [3.8, 4) is 0 Å². The van der Waals surface area contributed by atoms with Crippen LogP contribution in [0.1, 0.15) is 32.1 Å². The Labute approximate surface area is 176 Å². The van der Waals surface area contributed by atoms with E-state index in [1.54, 1.807) is 0 Å². The second kappa shape index (κ2) is 8.81. The molecule has 150 valence electrons. The zero-order chi connectivity index (χ0) is 20.2. The summed E-state index contributed by atoms with van der Waals surface area (Å²) in [4.78, 5) is 0.834. The topological polar surface area (TPSA) is 29.4 Å². The molecule has 1 atom stereocenters. The fraction of sp³-hybridized carbons (Fsp3) is 0.280. The third-order valence-corrected chi connectivity index (χ3v) is 10.6. The van der Waals surface area contributed by atoms with Crippen molar-refractivity contribution in [1.29, 1.82) is 0 Å². The Bertz CT molecular complexity index is 998. The average molecular weight is 422 g/mol. The Kier molecular flexibility index (Phi) is 6.18. The van der Waals surface area contributed by atoms with Crippen molar-refractivity contribution in [1.82, 2.24) is 0 Å². The molecular weight excluding hydrogens is 393 g/mol. The second-order valence-corrected chi connectivity index (χ2v) is 12.6. The van der Waals surface area contributed by atoms with Crippen LogP contribution in [0.25, 0.3) is 0 Å². The van der Waals surface area contributed by atoms with Gasteiger partial charge in [-0.2, -0.15) is 0 Å². The molecule has 4 heteroatoms. The normalized spacial score (nSPS) is 18.1. The molecule has 1 aliphatic rings. The molecule has 0 N–H and O–H groups in total. The molecule has 0 amide bonds. The minimum absolute atomic E-state index is 0.294. The van der Waals surface area contributed by atoms with Crippen LogP contribution in [0.2, 0.25) is 0 Å². The molecular formula is C25H28NOPS.